The molecule has 0 heterocycles. The number of alkyl halides is 3. The van der Waals surface area contributed by atoms with Crippen LogP contribution >= 0.6 is 11.6 Å². The predicted molar refractivity (Wildman–Crippen MR) is 81.1 cm³/mol. The van der Waals surface area contributed by atoms with Crippen LogP contribution in [0.15, 0.2) is 24.3 Å². The minimum absolute atomic E-state index is 0.218. The van der Waals surface area contributed by atoms with Gasteiger partial charge in [0.05, 0.1) is 5.75 Å². The molecule has 0 fully saturated rings. The van der Waals surface area contributed by atoms with Gasteiger partial charge in [0.1, 0.15) is 6.54 Å². The van der Waals surface area contributed by atoms with Crippen molar-refractivity contribution in [2.45, 2.75) is 38.7 Å². The lowest BCUT2D eigenvalue weighted by molar-refractivity contribution is -0.140. The van der Waals surface area contributed by atoms with Crippen molar-refractivity contribution < 1.29 is 21.6 Å². The van der Waals surface area contributed by atoms with Gasteiger partial charge in [0.2, 0.25) is 10.0 Å². The predicted octanol–water partition coefficient (Wildman–Crippen LogP) is 4.08. The second-order valence-corrected chi connectivity index (χ2v) is 7.82. The molecule has 1 aromatic rings. The molecule has 0 saturated heterocycles. The number of rotatable bonds is 6. The lowest BCUT2D eigenvalue weighted by atomic mass is 10.1. The summed E-state index contributed by atoms with van der Waals surface area (Å²) in [5.41, 5.74) is 0.285. The lowest BCUT2D eigenvalue weighted by Crippen LogP contribution is -2.46. The third kappa shape index (κ3) is 5.44. The molecule has 22 heavy (non-hydrogen) atoms. The van der Waals surface area contributed by atoms with Crippen molar-refractivity contribution in [3.8, 4) is 0 Å². The van der Waals surface area contributed by atoms with Gasteiger partial charge in [-0.3, -0.25) is 0 Å². The van der Waals surface area contributed by atoms with Crippen LogP contribution in [-0.2, 0) is 15.8 Å². The van der Waals surface area contributed by atoms with Gasteiger partial charge in [0.15, 0.2) is 0 Å². The zero-order chi connectivity index (χ0) is 17.1. The monoisotopic (exact) mass is 357 g/mol. The molecule has 0 unspecified atom stereocenters. The van der Waals surface area contributed by atoms with Gasteiger partial charge in [-0.05, 0) is 24.5 Å². The minimum atomic E-state index is -4.60. The molecule has 0 aliphatic carbocycles. The molecule has 126 valence electrons. The zero-order valence-electron chi connectivity index (χ0n) is 12.6. The molecule has 0 aliphatic rings. The van der Waals surface area contributed by atoms with Gasteiger partial charge in [-0.15, -0.1) is 0 Å². The average molecular weight is 358 g/mol. The van der Waals surface area contributed by atoms with Crippen LogP contribution in [0.5, 0.6) is 0 Å². The number of hydrogen-bond donors (Lipinski definition) is 0. The summed E-state index contributed by atoms with van der Waals surface area (Å²) in [4.78, 5) is 0. The maximum Gasteiger partial charge on any atom is 0.402 e. The second-order valence-electron chi connectivity index (χ2n) is 5.49. The molecule has 0 aliphatic heterocycles. The summed E-state index contributed by atoms with van der Waals surface area (Å²) in [7, 11) is -4.15. The Labute approximate surface area is 134 Å². The summed E-state index contributed by atoms with van der Waals surface area (Å²) in [6.45, 7) is 3.33. The largest absolute Gasteiger partial charge is 0.402 e. The minimum Gasteiger partial charge on any atom is -0.212 e. The maximum atomic E-state index is 12.7. The van der Waals surface area contributed by atoms with E-state index in [1.807, 2.05) is 0 Å². The normalized spacial score (nSPS) is 14.6. The molecule has 1 rings (SSSR count). The molecule has 0 bridgehead atoms. The number of hydrogen-bond acceptors (Lipinski definition) is 2. The summed E-state index contributed by atoms with van der Waals surface area (Å²) >= 11 is 5.91. The van der Waals surface area contributed by atoms with Crippen LogP contribution in [0, 0.1) is 5.92 Å². The summed E-state index contributed by atoms with van der Waals surface area (Å²) in [6.07, 6.45) is -4.60. The number of halogens is 4. The first-order valence-electron chi connectivity index (χ1n) is 6.73. The van der Waals surface area contributed by atoms with E-state index in [0.717, 1.165) is 0 Å². The molecule has 1 aromatic carbocycles. The summed E-state index contributed by atoms with van der Waals surface area (Å²) < 4.78 is 63.6. The van der Waals surface area contributed by atoms with E-state index in [1.165, 1.54) is 19.1 Å². The van der Waals surface area contributed by atoms with Crippen LogP contribution in [-0.4, -0.2) is 31.5 Å². The summed E-state index contributed by atoms with van der Waals surface area (Å²) in [5.74, 6) is -0.803. The third-order valence-corrected chi connectivity index (χ3v) is 5.63. The Balaban J connectivity index is 3.13. The van der Waals surface area contributed by atoms with E-state index in [9.17, 15) is 21.6 Å². The van der Waals surface area contributed by atoms with E-state index in [0.29, 0.717) is 4.31 Å². The molecule has 0 saturated carbocycles. The fourth-order valence-corrected chi connectivity index (χ4v) is 4.09. The lowest BCUT2D eigenvalue weighted by Gasteiger charge is -2.31. The standard InChI is InChI=1S/C14H19ClF3NO2S/c1-10(2)11(3)19(9-14(16,17)18)22(20,21)8-12-6-4-5-7-13(12)15/h4-7,10-11H,8-9H2,1-3H3/t11-/m1/s1. The molecular weight excluding hydrogens is 339 g/mol. The highest BCUT2D eigenvalue weighted by atomic mass is 35.5. The first kappa shape index (κ1) is 19.3. The van der Waals surface area contributed by atoms with Gasteiger partial charge in [-0.25, -0.2) is 8.42 Å². The van der Waals surface area contributed by atoms with Gasteiger partial charge in [0, 0.05) is 11.1 Å². The fourth-order valence-electron chi connectivity index (χ4n) is 1.90. The Kier molecular flexibility index (Phi) is 6.29. The van der Waals surface area contributed by atoms with Crippen molar-refractivity contribution in [2.75, 3.05) is 6.54 Å². The Morgan fingerprint density at radius 3 is 2.18 bits per heavy atom. The Hall–Kier alpha value is -0.790. The zero-order valence-corrected chi connectivity index (χ0v) is 14.1. The smallest absolute Gasteiger partial charge is 0.212 e. The maximum absolute atomic E-state index is 12.7. The van der Waals surface area contributed by atoms with Crippen molar-refractivity contribution in [1.82, 2.24) is 4.31 Å². The van der Waals surface area contributed by atoms with Crippen molar-refractivity contribution in [2.24, 2.45) is 5.92 Å². The highest BCUT2D eigenvalue weighted by Crippen LogP contribution is 2.26. The molecule has 3 nitrogen and oxygen atoms in total. The Bertz CT molecular complexity index is 602. The molecule has 0 radical (unpaired) electrons. The highest BCUT2D eigenvalue weighted by Gasteiger charge is 2.39. The van der Waals surface area contributed by atoms with Crippen LogP contribution < -0.4 is 0 Å². The third-order valence-electron chi connectivity index (χ3n) is 3.41. The van der Waals surface area contributed by atoms with Crippen LogP contribution in [0.25, 0.3) is 0 Å². The van der Waals surface area contributed by atoms with Gasteiger partial charge in [-0.2, -0.15) is 17.5 Å². The molecule has 0 N–H and O–H groups in total. The summed E-state index contributed by atoms with van der Waals surface area (Å²) in [5, 5.41) is 0.218. The summed E-state index contributed by atoms with van der Waals surface area (Å²) in [6, 6.07) is 5.45. The first-order chi connectivity index (χ1) is 9.94. The van der Waals surface area contributed by atoms with E-state index >= 15 is 0 Å². The topological polar surface area (TPSA) is 37.4 Å². The number of benzene rings is 1. The van der Waals surface area contributed by atoms with Crippen molar-refractivity contribution in [1.29, 1.82) is 0 Å². The molecular formula is C14H19ClF3NO2S. The molecule has 0 spiro atoms. The number of nitrogens with zero attached hydrogens (tertiary/aromatic N) is 1. The van der Waals surface area contributed by atoms with Gasteiger partial charge in [-0.1, -0.05) is 43.6 Å². The van der Waals surface area contributed by atoms with E-state index < -0.39 is 34.5 Å². The molecule has 8 heteroatoms. The molecule has 0 amide bonds. The van der Waals surface area contributed by atoms with Gasteiger partial charge in [0.25, 0.3) is 0 Å². The average Bonchev–Trinajstić information content (AvgIpc) is 2.36. The molecule has 1 atom stereocenters. The van der Waals surface area contributed by atoms with E-state index in [1.54, 1.807) is 26.0 Å². The van der Waals surface area contributed by atoms with E-state index in [2.05, 4.69) is 0 Å². The van der Waals surface area contributed by atoms with Gasteiger partial charge < -0.3 is 0 Å². The quantitative estimate of drug-likeness (QED) is 0.769. The highest BCUT2D eigenvalue weighted by molar-refractivity contribution is 7.88. The fraction of sp³-hybridized carbons (Fsp3) is 0.571. The van der Waals surface area contributed by atoms with Crippen LogP contribution in [0.2, 0.25) is 5.02 Å². The van der Waals surface area contributed by atoms with E-state index in [-0.39, 0.29) is 16.5 Å². The molecule has 0 aromatic heterocycles. The SMILES string of the molecule is CC(C)[C@@H](C)N(CC(F)(F)F)S(=O)(=O)Cc1ccccc1Cl. The van der Waals surface area contributed by atoms with E-state index in [4.69, 9.17) is 11.6 Å². The van der Waals surface area contributed by atoms with Gasteiger partial charge >= 0.3 is 6.18 Å². The second kappa shape index (κ2) is 7.19. The van der Waals surface area contributed by atoms with Crippen molar-refractivity contribution in [3.63, 3.8) is 0 Å². The Morgan fingerprint density at radius 2 is 1.73 bits per heavy atom. The number of sulfonamides is 1. The van der Waals surface area contributed by atoms with Crippen LogP contribution in [0.1, 0.15) is 26.3 Å². The Morgan fingerprint density at radius 1 is 1.18 bits per heavy atom. The van der Waals surface area contributed by atoms with Crippen LogP contribution in [0.4, 0.5) is 13.2 Å². The van der Waals surface area contributed by atoms with Crippen molar-refractivity contribution in [3.05, 3.63) is 34.9 Å². The van der Waals surface area contributed by atoms with Crippen molar-refractivity contribution >= 4 is 21.6 Å². The first-order valence-corrected chi connectivity index (χ1v) is 8.72. The van der Waals surface area contributed by atoms with Crippen LogP contribution in [0.3, 0.4) is 0 Å².